The van der Waals surface area contributed by atoms with E-state index in [1.165, 1.54) is 12.1 Å². The summed E-state index contributed by atoms with van der Waals surface area (Å²) in [4.78, 5) is 13.9. The van der Waals surface area contributed by atoms with Crippen LogP contribution in [0.2, 0.25) is 6.32 Å². The zero-order chi connectivity index (χ0) is 25.1. The van der Waals surface area contributed by atoms with Gasteiger partial charge in [-0.25, -0.2) is 0 Å². The maximum Gasteiger partial charge on any atom is 0.451 e. The van der Waals surface area contributed by atoms with Crippen molar-refractivity contribution in [3.63, 3.8) is 0 Å². The van der Waals surface area contributed by atoms with Crippen molar-refractivity contribution in [2.45, 2.75) is 56.2 Å². The molecule has 1 saturated carbocycles. The highest BCUT2D eigenvalue weighted by molar-refractivity contribution is 6.40. The lowest BCUT2D eigenvalue weighted by Gasteiger charge is -2.48. The fourth-order valence-electron chi connectivity index (χ4n) is 4.51. The molecule has 1 aliphatic rings. The van der Waals surface area contributed by atoms with Crippen LogP contribution >= 0.6 is 0 Å². The number of benzene rings is 2. The van der Waals surface area contributed by atoms with Gasteiger partial charge in [-0.3, -0.25) is 4.79 Å². The molecule has 0 heterocycles. The second kappa shape index (κ2) is 10.4. The van der Waals surface area contributed by atoms with E-state index in [2.05, 4.69) is 4.90 Å². The van der Waals surface area contributed by atoms with Crippen molar-refractivity contribution < 1.29 is 33.1 Å². The molecule has 0 bridgehead atoms. The molecule has 0 saturated heterocycles. The molecule has 2 aromatic rings. The van der Waals surface area contributed by atoms with Gasteiger partial charge in [0.05, 0.1) is 5.56 Å². The average molecular weight is 478 g/mol. The molecule has 1 fully saturated rings. The van der Waals surface area contributed by atoms with Crippen LogP contribution in [0.5, 0.6) is 0 Å². The Morgan fingerprint density at radius 3 is 2.03 bits per heavy atom. The maximum absolute atomic E-state index is 12.8. The number of hydrogen-bond acceptors (Lipinski definition) is 5. The fourth-order valence-corrected chi connectivity index (χ4v) is 4.51. The van der Waals surface area contributed by atoms with E-state index in [1.54, 1.807) is 0 Å². The number of nitrogens with zero attached hydrogens (tertiary/aromatic N) is 1. The third-order valence-corrected chi connectivity index (χ3v) is 6.91. The lowest BCUT2D eigenvalue weighted by Crippen LogP contribution is -2.61. The largest absolute Gasteiger partial charge is 0.480 e. The summed E-state index contributed by atoms with van der Waals surface area (Å²) < 4.78 is 38.3. The minimum Gasteiger partial charge on any atom is -0.480 e. The molecule has 1 aliphatic carbocycles. The third-order valence-electron chi connectivity index (χ3n) is 6.91. The fraction of sp³-hybridized carbons (Fsp3) is 0.458. The molecule has 0 amide bonds. The Hall–Kier alpha value is -2.56. The summed E-state index contributed by atoms with van der Waals surface area (Å²) in [6, 6.07) is 12.7. The summed E-state index contributed by atoms with van der Waals surface area (Å²) in [6.07, 6.45) is -1.65. The standard InChI is InChI=1S/C24H30BF3N2O4/c1-30(21-14-19(15-21)23(29,22(31)32)12-2-3-13-25(33)34)20-10-6-17(7-11-20)16-4-8-18(9-5-16)24(26,27)28/h4-11,19,21,33-34H,2-3,12-15,29H2,1H3,(H,31,32)/t19-,21-,23-/m0/s1. The number of rotatable bonds is 10. The first-order valence-electron chi connectivity index (χ1n) is 11.3. The van der Waals surface area contributed by atoms with E-state index < -0.39 is 30.4 Å². The van der Waals surface area contributed by atoms with Crippen molar-refractivity contribution in [2.24, 2.45) is 11.7 Å². The van der Waals surface area contributed by atoms with E-state index in [0.29, 0.717) is 31.2 Å². The summed E-state index contributed by atoms with van der Waals surface area (Å²) in [5, 5.41) is 27.6. The molecular formula is C24H30BF3N2O4. The van der Waals surface area contributed by atoms with Crippen LogP contribution in [-0.4, -0.2) is 46.9 Å². The molecule has 5 N–H and O–H groups in total. The Balaban J connectivity index is 1.58. The molecular weight excluding hydrogens is 448 g/mol. The Bertz CT molecular complexity index is 964. The van der Waals surface area contributed by atoms with Gasteiger partial charge in [0, 0.05) is 18.8 Å². The molecule has 184 valence electrons. The van der Waals surface area contributed by atoms with Crippen LogP contribution in [0.15, 0.2) is 48.5 Å². The Labute approximate surface area is 197 Å². The van der Waals surface area contributed by atoms with Crippen LogP contribution in [0.3, 0.4) is 0 Å². The van der Waals surface area contributed by atoms with Crippen molar-refractivity contribution in [3.05, 3.63) is 54.1 Å². The SMILES string of the molecule is CN(c1ccc(-c2ccc(C(F)(F)F)cc2)cc1)[C@H]1C[C@H]([C@@](N)(CCCCB(O)O)C(=O)O)C1. The van der Waals surface area contributed by atoms with Gasteiger partial charge < -0.3 is 25.8 Å². The van der Waals surface area contributed by atoms with E-state index in [4.69, 9.17) is 15.8 Å². The topological polar surface area (TPSA) is 107 Å². The van der Waals surface area contributed by atoms with E-state index in [0.717, 1.165) is 23.4 Å². The first kappa shape index (κ1) is 26.1. The van der Waals surface area contributed by atoms with E-state index >= 15 is 0 Å². The van der Waals surface area contributed by atoms with Gasteiger partial charge in [0.15, 0.2) is 0 Å². The highest BCUT2D eigenvalue weighted by atomic mass is 19.4. The summed E-state index contributed by atoms with van der Waals surface area (Å²) in [5.41, 5.74) is 6.66. The van der Waals surface area contributed by atoms with Crippen molar-refractivity contribution >= 4 is 18.8 Å². The lowest BCUT2D eigenvalue weighted by molar-refractivity contribution is -0.148. The van der Waals surface area contributed by atoms with Crippen LogP contribution in [-0.2, 0) is 11.0 Å². The van der Waals surface area contributed by atoms with Gasteiger partial charge in [-0.2, -0.15) is 13.2 Å². The molecule has 1 atom stereocenters. The van der Waals surface area contributed by atoms with Crippen molar-refractivity contribution in [1.82, 2.24) is 0 Å². The predicted molar refractivity (Wildman–Crippen MR) is 125 cm³/mol. The number of unbranched alkanes of at least 4 members (excludes halogenated alkanes) is 1. The smallest absolute Gasteiger partial charge is 0.451 e. The molecule has 0 aliphatic heterocycles. The predicted octanol–water partition coefficient (Wildman–Crippen LogP) is 4.01. The minimum absolute atomic E-state index is 0.128. The Morgan fingerprint density at radius 2 is 1.56 bits per heavy atom. The van der Waals surface area contributed by atoms with Gasteiger partial charge in [0.1, 0.15) is 5.54 Å². The van der Waals surface area contributed by atoms with E-state index in [-0.39, 0.29) is 24.7 Å². The number of alkyl halides is 3. The number of carbonyl (C=O) groups is 1. The average Bonchev–Trinajstić information content (AvgIpc) is 2.75. The second-order valence-corrected chi connectivity index (χ2v) is 9.13. The number of hydrogen-bond donors (Lipinski definition) is 4. The van der Waals surface area contributed by atoms with Crippen molar-refractivity contribution in [3.8, 4) is 11.1 Å². The van der Waals surface area contributed by atoms with Crippen LogP contribution in [0, 0.1) is 5.92 Å². The lowest BCUT2D eigenvalue weighted by atomic mass is 9.65. The summed E-state index contributed by atoms with van der Waals surface area (Å²) in [7, 11) is 0.527. The molecule has 2 aromatic carbocycles. The molecule has 6 nitrogen and oxygen atoms in total. The Kier molecular flexibility index (Phi) is 7.95. The number of anilines is 1. The summed E-state index contributed by atoms with van der Waals surface area (Å²) in [6.45, 7) is 0. The summed E-state index contributed by atoms with van der Waals surface area (Å²) in [5.74, 6) is -1.22. The van der Waals surface area contributed by atoms with Crippen LogP contribution in [0.25, 0.3) is 11.1 Å². The van der Waals surface area contributed by atoms with E-state index in [9.17, 15) is 23.1 Å². The van der Waals surface area contributed by atoms with E-state index in [1.807, 2.05) is 31.3 Å². The first-order chi connectivity index (χ1) is 15.9. The second-order valence-electron chi connectivity index (χ2n) is 9.13. The number of carboxylic acids is 1. The van der Waals surface area contributed by atoms with Crippen LogP contribution in [0.1, 0.15) is 37.7 Å². The van der Waals surface area contributed by atoms with Crippen molar-refractivity contribution in [2.75, 3.05) is 11.9 Å². The highest BCUT2D eigenvalue weighted by Crippen LogP contribution is 2.42. The number of carboxylic acid groups (broad SMARTS) is 1. The van der Waals surface area contributed by atoms with Gasteiger partial charge in [-0.15, -0.1) is 0 Å². The first-order valence-corrected chi connectivity index (χ1v) is 11.3. The highest BCUT2D eigenvalue weighted by Gasteiger charge is 2.49. The maximum atomic E-state index is 12.8. The van der Waals surface area contributed by atoms with Gasteiger partial charge in [0.2, 0.25) is 0 Å². The third kappa shape index (κ3) is 5.92. The van der Waals surface area contributed by atoms with Crippen LogP contribution in [0.4, 0.5) is 18.9 Å². The number of halogens is 3. The van der Waals surface area contributed by atoms with Gasteiger partial charge in [-0.05, 0) is 66.9 Å². The normalized spacial score (nSPS) is 19.7. The molecule has 0 unspecified atom stereocenters. The Morgan fingerprint density at radius 1 is 1.03 bits per heavy atom. The molecule has 0 radical (unpaired) electrons. The summed E-state index contributed by atoms with van der Waals surface area (Å²) >= 11 is 0. The molecule has 10 heteroatoms. The molecule has 0 spiro atoms. The number of nitrogens with two attached hydrogens (primary N) is 1. The zero-order valence-corrected chi connectivity index (χ0v) is 19.0. The molecule has 3 rings (SSSR count). The van der Waals surface area contributed by atoms with Gasteiger partial charge in [0.25, 0.3) is 0 Å². The van der Waals surface area contributed by atoms with Gasteiger partial charge in [-0.1, -0.05) is 37.1 Å². The molecule has 0 aromatic heterocycles. The zero-order valence-electron chi connectivity index (χ0n) is 19.0. The monoisotopic (exact) mass is 478 g/mol. The molecule has 34 heavy (non-hydrogen) atoms. The van der Waals surface area contributed by atoms with Crippen LogP contribution < -0.4 is 10.6 Å². The quantitative estimate of drug-likeness (QED) is 0.304. The minimum atomic E-state index is -4.37. The van der Waals surface area contributed by atoms with Gasteiger partial charge >= 0.3 is 19.3 Å². The van der Waals surface area contributed by atoms with Crippen molar-refractivity contribution in [1.29, 1.82) is 0 Å². The number of aliphatic carboxylic acids is 1.